The number of nitrogens with zero attached hydrogens (tertiary/aromatic N) is 2. The number of carbonyl (C=O) groups excluding carboxylic acids is 3. The Kier molecular flexibility index (Phi) is 5.78. The highest BCUT2D eigenvalue weighted by Gasteiger charge is 2.54. The third kappa shape index (κ3) is 3.77. The first-order valence-corrected chi connectivity index (χ1v) is 10.5. The van der Waals surface area contributed by atoms with Gasteiger partial charge in [-0.15, -0.1) is 0 Å². The lowest BCUT2D eigenvalue weighted by molar-refractivity contribution is -0.143. The lowest BCUT2D eigenvalue weighted by Gasteiger charge is -2.31. The maximum atomic E-state index is 13.5. The van der Waals surface area contributed by atoms with E-state index in [9.17, 15) is 14.4 Å². The Morgan fingerprint density at radius 3 is 2.03 bits per heavy atom. The minimum Gasteiger partial charge on any atom is -0.493 e. The fourth-order valence-corrected chi connectivity index (χ4v) is 4.19. The Hall–Kier alpha value is -3.55. The van der Waals surface area contributed by atoms with Gasteiger partial charge in [0.2, 0.25) is 5.75 Å². The van der Waals surface area contributed by atoms with E-state index in [2.05, 4.69) is 0 Å². The molecule has 1 aliphatic heterocycles. The van der Waals surface area contributed by atoms with Crippen LogP contribution in [0.4, 0.5) is 0 Å². The predicted molar refractivity (Wildman–Crippen MR) is 116 cm³/mol. The molecule has 8 heteroatoms. The van der Waals surface area contributed by atoms with Crippen LogP contribution in [-0.4, -0.2) is 55.1 Å². The van der Waals surface area contributed by atoms with Gasteiger partial charge in [-0.1, -0.05) is 30.3 Å². The zero-order valence-electron chi connectivity index (χ0n) is 18.4. The number of hydrogen-bond donors (Lipinski definition) is 0. The van der Waals surface area contributed by atoms with Gasteiger partial charge in [0.05, 0.1) is 19.6 Å². The van der Waals surface area contributed by atoms with E-state index in [4.69, 9.17) is 14.2 Å². The number of esters is 1. The Morgan fingerprint density at radius 1 is 0.906 bits per heavy atom. The van der Waals surface area contributed by atoms with Gasteiger partial charge in [0, 0.05) is 25.6 Å². The van der Waals surface area contributed by atoms with Gasteiger partial charge in [0.1, 0.15) is 0 Å². The molecule has 1 saturated heterocycles. The number of benzene rings is 2. The fraction of sp³-hybridized carbons (Fsp3) is 0.375. The normalized spacial score (nSPS) is 16.5. The summed E-state index contributed by atoms with van der Waals surface area (Å²) in [4.78, 5) is 38.4. The van der Waals surface area contributed by atoms with Crippen LogP contribution in [0.25, 0.3) is 0 Å². The summed E-state index contributed by atoms with van der Waals surface area (Å²) in [7, 11) is 2.83. The average molecular weight is 438 g/mol. The lowest BCUT2D eigenvalue weighted by atomic mass is 9.95. The molecular formula is C24H26N2O6. The SMILES string of the molecule is COc1cc(C(=O)N2CCCN2C(=O)C2(c3ccccc3)CC2)cc(OC)c1OC(C)=O. The Morgan fingerprint density at radius 2 is 1.50 bits per heavy atom. The van der Waals surface area contributed by atoms with E-state index in [1.54, 1.807) is 5.01 Å². The number of hydrazine groups is 1. The molecule has 0 aromatic heterocycles. The van der Waals surface area contributed by atoms with Gasteiger partial charge in [0.15, 0.2) is 11.5 Å². The van der Waals surface area contributed by atoms with Crippen molar-refractivity contribution in [3.63, 3.8) is 0 Å². The molecule has 32 heavy (non-hydrogen) atoms. The van der Waals surface area contributed by atoms with E-state index in [1.807, 2.05) is 30.3 Å². The largest absolute Gasteiger partial charge is 0.493 e. The molecule has 8 nitrogen and oxygen atoms in total. The number of amides is 2. The van der Waals surface area contributed by atoms with Crippen LogP contribution in [0.1, 0.15) is 42.1 Å². The Labute approximate surface area is 186 Å². The molecule has 1 saturated carbocycles. The third-order valence-corrected chi connectivity index (χ3v) is 5.94. The van der Waals surface area contributed by atoms with Crippen molar-refractivity contribution in [3.8, 4) is 17.2 Å². The third-order valence-electron chi connectivity index (χ3n) is 5.94. The molecular weight excluding hydrogens is 412 g/mol. The minimum atomic E-state index is -0.557. The first-order valence-electron chi connectivity index (χ1n) is 10.5. The van der Waals surface area contributed by atoms with Gasteiger partial charge < -0.3 is 14.2 Å². The number of carbonyl (C=O) groups is 3. The summed E-state index contributed by atoms with van der Waals surface area (Å²) in [5.41, 5.74) is 0.704. The van der Waals surface area contributed by atoms with Crippen LogP contribution in [0.15, 0.2) is 42.5 Å². The number of hydrogen-bond acceptors (Lipinski definition) is 6. The van der Waals surface area contributed by atoms with Crippen molar-refractivity contribution in [2.45, 2.75) is 31.6 Å². The zero-order chi connectivity index (χ0) is 22.9. The summed E-state index contributed by atoms with van der Waals surface area (Å²) in [6.07, 6.45) is 2.24. The van der Waals surface area contributed by atoms with Crippen LogP contribution >= 0.6 is 0 Å². The van der Waals surface area contributed by atoms with Crippen LogP contribution in [-0.2, 0) is 15.0 Å². The van der Waals surface area contributed by atoms with Crippen LogP contribution in [0, 0.1) is 0 Å². The summed E-state index contributed by atoms with van der Waals surface area (Å²) in [5.74, 6) is -0.427. The lowest BCUT2D eigenvalue weighted by Crippen LogP contribution is -2.48. The number of rotatable bonds is 6. The van der Waals surface area contributed by atoms with Crippen molar-refractivity contribution in [2.24, 2.45) is 0 Å². The highest BCUT2D eigenvalue weighted by atomic mass is 16.6. The van der Waals surface area contributed by atoms with Crippen molar-refractivity contribution < 1.29 is 28.6 Å². The van der Waals surface area contributed by atoms with E-state index >= 15 is 0 Å². The molecule has 0 bridgehead atoms. The summed E-state index contributed by atoms with van der Waals surface area (Å²) >= 11 is 0. The quantitative estimate of drug-likeness (QED) is 0.509. The van der Waals surface area contributed by atoms with E-state index in [0.29, 0.717) is 19.5 Å². The molecule has 1 aliphatic carbocycles. The van der Waals surface area contributed by atoms with Crippen LogP contribution in [0.5, 0.6) is 17.2 Å². The molecule has 1 heterocycles. The number of ether oxygens (including phenoxy) is 3. The first kappa shape index (κ1) is 21.7. The molecule has 2 aromatic rings. The molecule has 0 atom stereocenters. The zero-order valence-corrected chi connectivity index (χ0v) is 18.4. The summed E-state index contributed by atoms with van der Waals surface area (Å²) in [5, 5.41) is 3.06. The van der Waals surface area contributed by atoms with Crippen LogP contribution in [0.3, 0.4) is 0 Å². The summed E-state index contributed by atoms with van der Waals surface area (Å²) in [6.45, 7) is 2.19. The van der Waals surface area contributed by atoms with Crippen molar-refractivity contribution in [1.29, 1.82) is 0 Å². The van der Waals surface area contributed by atoms with Gasteiger partial charge in [-0.05, 0) is 37.0 Å². The van der Waals surface area contributed by atoms with Crippen molar-refractivity contribution in [3.05, 3.63) is 53.6 Å². The topological polar surface area (TPSA) is 85.4 Å². The average Bonchev–Trinajstić information content (AvgIpc) is 3.48. The number of methoxy groups -OCH3 is 2. The molecule has 0 spiro atoms. The van der Waals surface area contributed by atoms with Crippen molar-refractivity contribution >= 4 is 17.8 Å². The summed E-state index contributed by atoms with van der Waals surface area (Å²) < 4.78 is 15.9. The van der Waals surface area contributed by atoms with Crippen LogP contribution < -0.4 is 14.2 Å². The second-order valence-corrected chi connectivity index (χ2v) is 7.96. The molecule has 168 valence electrons. The predicted octanol–water partition coefficient (Wildman–Crippen LogP) is 2.95. The molecule has 0 unspecified atom stereocenters. The van der Waals surface area contributed by atoms with Crippen molar-refractivity contribution in [1.82, 2.24) is 10.0 Å². The van der Waals surface area contributed by atoms with Crippen molar-refractivity contribution in [2.75, 3.05) is 27.3 Å². The highest BCUT2D eigenvalue weighted by Crippen LogP contribution is 2.50. The molecule has 2 aromatic carbocycles. The van der Waals surface area contributed by atoms with E-state index < -0.39 is 11.4 Å². The minimum absolute atomic E-state index is 0.0509. The van der Waals surface area contributed by atoms with E-state index in [0.717, 1.165) is 18.4 Å². The molecule has 0 N–H and O–H groups in total. The summed E-state index contributed by atoms with van der Waals surface area (Å²) in [6, 6.07) is 12.7. The molecule has 2 fully saturated rings. The van der Waals surface area contributed by atoms with E-state index in [1.165, 1.54) is 38.3 Å². The second-order valence-electron chi connectivity index (χ2n) is 7.96. The molecule has 2 aliphatic rings. The van der Waals surface area contributed by atoms with Gasteiger partial charge in [0.25, 0.3) is 11.8 Å². The standard InChI is InChI=1S/C24H26N2O6/c1-16(27)32-21-19(30-2)14-17(15-20(21)31-3)22(28)25-12-7-13-26(25)23(29)24(10-11-24)18-8-5-4-6-9-18/h4-6,8-9,14-15H,7,10-13H2,1-3H3. The van der Waals surface area contributed by atoms with Gasteiger partial charge >= 0.3 is 5.97 Å². The van der Waals surface area contributed by atoms with Gasteiger partial charge in [-0.2, -0.15) is 0 Å². The molecule has 0 radical (unpaired) electrons. The molecule has 4 rings (SSSR count). The maximum Gasteiger partial charge on any atom is 0.308 e. The van der Waals surface area contributed by atoms with Crippen LogP contribution in [0.2, 0.25) is 0 Å². The first-order chi connectivity index (χ1) is 15.4. The monoisotopic (exact) mass is 438 g/mol. The van der Waals surface area contributed by atoms with Gasteiger partial charge in [-0.3, -0.25) is 19.4 Å². The maximum absolute atomic E-state index is 13.5. The van der Waals surface area contributed by atoms with E-state index in [-0.39, 0.29) is 34.6 Å². The smallest absolute Gasteiger partial charge is 0.308 e. The fourth-order valence-electron chi connectivity index (χ4n) is 4.19. The molecule has 2 amide bonds. The second kappa shape index (κ2) is 8.53. The Bertz CT molecular complexity index is 1020. The Balaban J connectivity index is 1.63. The van der Waals surface area contributed by atoms with Gasteiger partial charge in [-0.25, -0.2) is 5.01 Å². The highest BCUT2D eigenvalue weighted by molar-refractivity contribution is 5.99.